The van der Waals surface area contributed by atoms with Crippen LogP contribution in [0.1, 0.15) is 44.3 Å². The summed E-state index contributed by atoms with van der Waals surface area (Å²) < 4.78 is 52.0. The third kappa shape index (κ3) is 5.26. The van der Waals surface area contributed by atoms with E-state index in [4.69, 9.17) is 16.3 Å². The number of hydrogen-bond donors (Lipinski definition) is 1. The molecular weight excluding hydrogens is 617 g/mol. The largest absolute Gasteiger partial charge is 0.457 e. The van der Waals surface area contributed by atoms with Gasteiger partial charge in [-0.1, -0.05) is 66.2 Å². The standard InChI is InChI=1S/C34H26ClF3N6O2/c1-19-28(20(2)43(41-19)18-21-9-8-13-24(17-21)46-23-11-4-3-5-12-23)40-33(45)30-27(35)32-39-29-25-14-7-6-10-22(25)15-16-26(29)31(34(36,37)38)44(32)42-30/h3-14,17H,15-16,18H2,1-2H3,(H,40,45). The summed E-state index contributed by atoms with van der Waals surface area (Å²) in [6.07, 6.45) is -4.21. The summed E-state index contributed by atoms with van der Waals surface area (Å²) in [6.45, 7) is 3.91. The first kappa shape index (κ1) is 29.5. The summed E-state index contributed by atoms with van der Waals surface area (Å²) in [7, 11) is 0. The Morgan fingerprint density at radius 1 is 0.957 bits per heavy atom. The molecule has 232 valence electrons. The second-order valence-electron chi connectivity index (χ2n) is 11.1. The molecule has 0 saturated heterocycles. The summed E-state index contributed by atoms with van der Waals surface area (Å²) in [5.74, 6) is 0.604. The summed E-state index contributed by atoms with van der Waals surface area (Å²) in [5, 5.41) is 11.2. The minimum absolute atomic E-state index is 0.0241. The molecule has 1 amide bonds. The number of carbonyl (C=O) groups is 1. The molecule has 0 atom stereocenters. The number of alkyl halides is 3. The van der Waals surface area contributed by atoms with Crippen molar-refractivity contribution in [2.24, 2.45) is 0 Å². The smallest absolute Gasteiger partial charge is 0.433 e. The number of amides is 1. The van der Waals surface area contributed by atoms with Gasteiger partial charge in [0.1, 0.15) is 16.5 Å². The van der Waals surface area contributed by atoms with Crippen molar-refractivity contribution >= 4 is 28.8 Å². The molecule has 1 N–H and O–H groups in total. The quantitative estimate of drug-likeness (QED) is 0.199. The number of carbonyl (C=O) groups excluding carboxylic acids is 1. The van der Waals surface area contributed by atoms with Crippen LogP contribution in [-0.4, -0.2) is 30.3 Å². The van der Waals surface area contributed by atoms with Crippen LogP contribution < -0.4 is 10.1 Å². The maximum atomic E-state index is 14.5. The molecule has 12 heteroatoms. The molecule has 6 aromatic rings. The number of fused-ring (bicyclic) bond motifs is 4. The number of ether oxygens (including phenoxy) is 1. The number of halogens is 4. The van der Waals surface area contributed by atoms with Crippen molar-refractivity contribution in [1.82, 2.24) is 24.4 Å². The lowest BCUT2D eigenvalue weighted by Crippen LogP contribution is -2.21. The van der Waals surface area contributed by atoms with Gasteiger partial charge < -0.3 is 10.1 Å². The Morgan fingerprint density at radius 3 is 2.48 bits per heavy atom. The van der Waals surface area contributed by atoms with Crippen molar-refractivity contribution in [2.75, 3.05) is 5.32 Å². The highest BCUT2D eigenvalue weighted by molar-refractivity contribution is 6.37. The van der Waals surface area contributed by atoms with Crippen LogP contribution in [-0.2, 0) is 25.6 Å². The Balaban J connectivity index is 1.20. The van der Waals surface area contributed by atoms with E-state index in [9.17, 15) is 18.0 Å². The fourth-order valence-electron chi connectivity index (χ4n) is 5.89. The van der Waals surface area contributed by atoms with Gasteiger partial charge in [0.05, 0.1) is 29.3 Å². The van der Waals surface area contributed by atoms with E-state index in [0.717, 1.165) is 11.1 Å². The zero-order valence-electron chi connectivity index (χ0n) is 24.7. The zero-order chi connectivity index (χ0) is 32.2. The predicted octanol–water partition coefficient (Wildman–Crippen LogP) is 8.07. The van der Waals surface area contributed by atoms with Crippen molar-refractivity contribution in [2.45, 2.75) is 39.4 Å². The van der Waals surface area contributed by atoms with Crippen LogP contribution in [0.5, 0.6) is 11.5 Å². The van der Waals surface area contributed by atoms with Gasteiger partial charge in [0.15, 0.2) is 17.0 Å². The number of benzene rings is 3. The van der Waals surface area contributed by atoms with Crippen LogP contribution in [0.2, 0.25) is 5.02 Å². The maximum Gasteiger partial charge on any atom is 0.433 e. The van der Waals surface area contributed by atoms with Gasteiger partial charge in [-0.2, -0.15) is 23.4 Å². The monoisotopic (exact) mass is 642 g/mol. The fraction of sp³-hybridized carbons (Fsp3) is 0.176. The minimum Gasteiger partial charge on any atom is -0.457 e. The molecule has 3 heterocycles. The van der Waals surface area contributed by atoms with Crippen molar-refractivity contribution in [3.63, 3.8) is 0 Å². The molecule has 0 saturated carbocycles. The van der Waals surface area contributed by atoms with Crippen LogP contribution in [0.3, 0.4) is 0 Å². The Labute approximate surface area is 266 Å². The second-order valence-corrected chi connectivity index (χ2v) is 11.4. The van der Waals surface area contributed by atoms with Gasteiger partial charge in [-0.25, -0.2) is 9.50 Å². The molecule has 1 aliphatic rings. The highest BCUT2D eigenvalue weighted by atomic mass is 35.5. The normalized spacial score (nSPS) is 12.6. The van der Waals surface area contributed by atoms with Gasteiger partial charge >= 0.3 is 6.18 Å². The number of hydrogen-bond acceptors (Lipinski definition) is 5. The number of rotatable bonds is 6. The van der Waals surface area contributed by atoms with Crippen molar-refractivity contribution in [3.8, 4) is 22.8 Å². The molecule has 3 aromatic heterocycles. The third-order valence-corrected chi connectivity index (χ3v) is 8.38. The summed E-state index contributed by atoms with van der Waals surface area (Å²) in [5.41, 5.74) is 2.61. The van der Waals surface area contributed by atoms with Crippen molar-refractivity contribution < 1.29 is 22.7 Å². The number of nitrogens with zero attached hydrogens (tertiary/aromatic N) is 5. The maximum absolute atomic E-state index is 14.5. The molecule has 0 aliphatic heterocycles. The average molecular weight is 643 g/mol. The van der Waals surface area contributed by atoms with E-state index in [1.807, 2.05) is 66.7 Å². The average Bonchev–Trinajstić information content (AvgIpc) is 3.50. The fourth-order valence-corrected chi connectivity index (χ4v) is 6.14. The molecule has 0 fully saturated rings. The van der Waals surface area contributed by atoms with Crippen LogP contribution in [0, 0.1) is 13.8 Å². The molecule has 7 rings (SSSR count). The highest BCUT2D eigenvalue weighted by Gasteiger charge is 2.41. The van der Waals surface area contributed by atoms with Gasteiger partial charge in [-0.05, 0) is 62.1 Å². The molecule has 8 nitrogen and oxygen atoms in total. The molecule has 3 aromatic carbocycles. The Hall–Kier alpha value is -5.16. The van der Waals surface area contributed by atoms with E-state index in [1.165, 1.54) is 0 Å². The molecule has 0 bridgehead atoms. The zero-order valence-corrected chi connectivity index (χ0v) is 25.4. The van der Waals surface area contributed by atoms with Gasteiger partial charge in [0, 0.05) is 11.1 Å². The van der Waals surface area contributed by atoms with Crippen LogP contribution in [0.25, 0.3) is 16.9 Å². The first-order valence-electron chi connectivity index (χ1n) is 14.5. The Kier molecular flexibility index (Phi) is 7.28. The van der Waals surface area contributed by atoms with Crippen LogP contribution >= 0.6 is 11.6 Å². The predicted molar refractivity (Wildman–Crippen MR) is 168 cm³/mol. The molecule has 46 heavy (non-hydrogen) atoms. The first-order valence-corrected chi connectivity index (χ1v) is 14.9. The summed E-state index contributed by atoms with van der Waals surface area (Å²) in [6, 6.07) is 24.2. The number of aromatic nitrogens is 5. The Morgan fingerprint density at radius 2 is 1.70 bits per heavy atom. The number of aryl methyl sites for hydroxylation is 2. The van der Waals surface area contributed by atoms with Gasteiger partial charge in [0.2, 0.25) is 0 Å². The van der Waals surface area contributed by atoms with Crippen LogP contribution in [0.4, 0.5) is 18.9 Å². The van der Waals surface area contributed by atoms with Crippen molar-refractivity contribution in [1.29, 1.82) is 0 Å². The first-order chi connectivity index (χ1) is 22.1. The van der Waals surface area contributed by atoms with E-state index in [1.54, 1.807) is 30.7 Å². The summed E-state index contributed by atoms with van der Waals surface area (Å²) in [4.78, 5) is 18.1. The van der Waals surface area contributed by atoms with Gasteiger partial charge in [0.25, 0.3) is 5.91 Å². The number of anilines is 1. The van der Waals surface area contributed by atoms with Crippen LogP contribution in [0.15, 0.2) is 78.9 Å². The molecule has 0 unspecified atom stereocenters. The van der Waals surface area contributed by atoms with E-state index >= 15 is 0 Å². The van der Waals surface area contributed by atoms with Gasteiger partial charge in [-0.3, -0.25) is 9.48 Å². The summed E-state index contributed by atoms with van der Waals surface area (Å²) >= 11 is 6.57. The number of nitrogens with one attached hydrogen (secondary N) is 1. The van der Waals surface area contributed by atoms with Crippen molar-refractivity contribution in [3.05, 3.63) is 123 Å². The number of para-hydroxylation sites is 1. The Bertz CT molecular complexity index is 2140. The minimum atomic E-state index is -4.77. The van der Waals surface area contributed by atoms with Gasteiger partial charge in [-0.15, -0.1) is 0 Å². The lowest BCUT2D eigenvalue weighted by atomic mass is 9.88. The van der Waals surface area contributed by atoms with E-state index in [2.05, 4.69) is 20.5 Å². The molecule has 0 spiro atoms. The highest BCUT2D eigenvalue weighted by Crippen LogP contribution is 2.42. The van der Waals surface area contributed by atoms with E-state index < -0.39 is 17.8 Å². The topological polar surface area (TPSA) is 86.3 Å². The molecule has 0 radical (unpaired) electrons. The third-order valence-electron chi connectivity index (χ3n) is 8.04. The lowest BCUT2D eigenvalue weighted by molar-refractivity contribution is -0.143. The molecular formula is C34H26ClF3N6O2. The molecule has 1 aliphatic carbocycles. The van der Waals surface area contributed by atoms with E-state index in [-0.39, 0.29) is 34.0 Å². The second kappa shape index (κ2) is 11.3. The van der Waals surface area contributed by atoms with E-state index in [0.29, 0.717) is 51.6 Å². The SMILES string of the molecule is Cc1nn(Cc2cccc(Oc3ccccc3)c2)c(C)c1NC(=O)c1nn2c(C(F)(F)F)c3c(nc2c1Cl)-c1ccccc1CC3. The lowest BCUT2D eigenvalue weighted by Gasteiger charge is -2.23.